The Balaban J connectivity index is 1.90. The van der Waals surface area contributed by atoms with Gasteiger partial charge >= 0.3 is 6.09 Å². The number of hydrogen-bond donors (Lipinski definition) is 1. The highest BCUT2D eigenvalue weighted by atomic mass is 16.5. The molecular weight excluding hydrogens is 358 g/mol. The molecule has 0 saturated carbocycles. The lowest BCUT2D eigenvalue weighted by Gasteiger charge is -2.35. The van der Waals surface area contributed by atoms with E-state index in [9.17, 15) is 9.90 Å². The van der Waals surface area contributed by atoms with Crippen molar-refractivity contribution in [1.29, 1.82) is 0 Å². The lowest BCUT2D eigenvalue weighted by Crippen LogP contribution is -2.36. The number of fused-ring (bicyclic) bond motifs is 1. The number of rotatable bonds is 2. The van der Waals surface area contributed by atoms with Crippen LogP contribution in [0.4, 0.5) is 4.79 Å². The molecule has 1 fully saturated rings. The molecule has 0 bridgehead atoms. The molecule has 4 heterocycles. The molecule has 0 radical (unpaired) electrons. The van der Waals surface area contributed by atoms with E-state index in [2.05, 4.69) is 30.7 Å². The van der Waals surface area contributed by atoms with Gasteiger partial charge in [-0.1, -0.05) is 20.8 Å². The Morgan fingerprint density at radius 2 is 1.86 bits per heavy atom. The first-order valence-electron chi connectivity index (χ1n) is 9.59. The molecule has 0 aromatic carbocycles. The van der Waals surface area contributed by atoms with E-state index < -0.39 is 6.09 Å². The molecule has 2 aliphatic heterocycles. The SMILES string of the molecule is CC(C)(C)C1c2c(nc(-c3cncnc3)nc2C2CCOCC2)CN1C(=O)O. The highest BCUT2D eigenvalue weighted by Crippen LogP contribution is 2.48. The van der Waals surface area contributed by atoms with E-state index in [1.807, 2.05) is 0 Å². The maximum absolute atomic E-state index is 12.0. The summed E-state index contributed by atoms with van der Waals surface area (Å²) in [6.07, 6.45) is 5.66. The van der Waals surface area contributed by atoms with Gasteiger partial charge in [0.05, 0.1) is 29.5 Å². The van der Waals surface area contributed by atoms with Crippen molar-refractivity contribution in [2.45, 2.75) is 52.1 Å². The number of amides is 1. The van der Waals surface area contributed by atoms with E-state index in [1.165, 1.54) is 11.2 Å². The van der Waals surface area contributed by atoms with Crippen LogP contribution in [0.25, 0.3) is 11.4 Å². The first-order valence-corrected chi connectivity index (χ1v) is 9.59. The van der Waals surface area contributed by atoms with Crippen LogP contribution < -0.4 is 0 Å². The second-order valence-electron chi connectivity index (χ2n) is 8.49. The maximum Gasteiger partial charge on any atom is 0.408 e. The standard InChI is InChI=1S/C20H25N5O3/c1-20(2,3)17-15-14(10-25(17)19(26)27)23-18(13-8-21-11-22-9-13)24-16(15)12-4-6-28-7-5-12/h8-9,11-12,17H,4-7,10H2,1-3H3,(H,26,27). The van der Waals surface area contributed by atoms with E-state index in [0.717, 1.165) is 35.4 Å². The van der Waals surface area contributed by atoms with Gasteiger partial charge in [0.25, 0.3) is 0 Å². The van der Waals surface area contributed by atoms with Crippen molar-refractivity contribution in [3.05, 3.63) is 35.7 Å². The quantitative estimate of drug-likeness (QED) is 0.848. The van der Waals surface area contributed by atoms with Crippen molar-refractivity contribution < 1.29 is 14.6 Å². The molecule has 8 nitrogen and oxygen atoms in total. The first-order chi connectivity index (χ1) is 13.4. The fraction of sp³-hybridized carbons (Fsp3) is 0.550. The third-order valence-corrected chi connectivity index (χ3v) is 5.45. The summed E-state index contributed by atoms with van der Waals surface area (Å²) in [5.74, 6) is 0.785. The summed E-state index contributed by atoms with van der Waals surface area (Å²) >= 11 is 0. The normalized spacial score (nSPS) is 20.2. The molecule has 148 valence electrons. The third-order valence-electron chi connectivity index (χ3n) is 5.45. The molecule has 2 aromatic rings. The zero-order chi connectivity index (χ0) is 19.9. The molecule has 1 atom stereocenters. The molecule has 2 aromatic heterocycles. The number of hydrogen-bond acceptors (Lipinski definition) is 6. The largest absolute Gasteiger partial charge is 0.465 e. The third kappa shape index (κ3) is 3.32. The van der Waals surface area contributed by atoms with Crippen LogP contribution in [0.15, 0.2) is 18.7 Å². The zero-order valence-corrected chi connectivity index (χ0v) is 16.4. The number of carbonyl (C=O) groups is 1. The lowest BCUT2D eigenvalue weighted by atomic mass is 9.79. The minimum atomic E-state index is -0.930. The van der Waals surface area contributed by atoms with Crippen molar-refractivity contribution in [1.82, 2.24) is 24.8 Å². The predicted octanol–water partition coefficient (Wildman–Crippen LogP) is 3.41. The van der Waals surface area contributed by atoms with Gasteiger partial charge in [0, 0.05) is 37.1 Å². The van der Waals surface area contributed by atoms with E-state index in [1.54, 1.807) is 12.4 Å². The molecule has 8 heteroatoms. The summed E-state index contributed by atoms with van der Waals surface area (Å²) in [5.41, 5.74) is 3.18. The van der Waals surface area contributed by atoms with Gasteiger partial charge in [-0.25, -0.2) is 24.7 Å². The number of nitrogens with zero attached hydrogens (tertiary/aromatic N) is 5. The van der Waals surface area contributed by atoms with E-state index in [4.69, 9.17) is 14.7 Å². The summed E-state index contributed by atoms with van der Waals surface area (Å²) in [4.78, 5) is 31.3. The van der Waals surface area contributed by atoms with Crippen LogP contribution in [0.2, 0.25) is 0 Å². The van der Waals surface area contributed by atoms with Crippen LogP contribution in [0, 0.1) is 5.41 Å². The van der Waals surface area contributed by atoms with Crippen molar-refractivity contribution in [3.63, 3.8) is 0 Å². The molecule has 1 amide bonds. The molecule has 28 heavy (non-hydrogen) atoms. The predicted molar refractivity (Wildman–Crippen MR) is 102 cm³/mol. The fourth-order valence-electron chi connectivity index (χ4n) is 4.27. The average Bonchev–Trinajstić information content (AvgIpc) is 3.09. The van der Waals surface area contributed by atoms with Crippen molar-refractivity contribution in [2.24, 2.45) is 5.41 Å². The Morgan fingerprint density at radius 1 is 1.18 bits per heavy atom. The molecule has 1 unspecified atom stereocenters. The molecule has 0 aliphatic carbocycles. The average molecular weight is 383 g/mol. The number of ether oxygens (including phenoxy) is 1. The molecule has 0 spiro atoms. The lowest BCUT2D eigenvalue weighted by molar-refractivity contribution is 0.0803. The molecule has 1 saturated heterocycles. The van der Waals surface area contributed by atoms with E-state index in [-0.39, 0.29) is 23.9 Å². The van der Waals surface area contributed by atoms with Gasteiger partial charge in [-0.15, -0.1) is 0 Å². The van der Waals surface area contributed by atoms with Gasteiger partial charge < -0.3 is 9.84 Å². The minimum absolute atomic E-state index is 0.229. The van der Waals surface area contributed by atoms with Gasteiger partial charge in [0.2, 0.25) is 0 Å². The maximum atomic E-state index is 12.0. The smallest absolute Gasteiger partial charge is 0.408 e. The number of carboxylic acid groups (broad SMARTS) is 1. The fourth-order valence-corrected chi connectivity index (χ4v) is 4.27. The van der Waals surface area contributed by atoms with Crippen LogP contribution in [0.3, 0.4) is 0 Å². The Morgan fingerprint density at radius 3 is 2.46 bits per heavy atom. The van der Waals surface area contributed by atoms with Crippen LogP contribution in [0.1, 0.15) is 62.5 Å². The van der Waals surface area contributed by atoms with Gasteiger partial charge in [0.15, 0.2) is 5.82 Å². The highest BCUT2D eigenvalue weighted by molar-refractivity contribution is 5.68. The Bertz CT molecular complexity index is 875. The van der Waals surface area contributed by atoms with E-state index >= 15 is 0 Å². The highest BCUT2D eigenvalue weighted by Gasteiger charge is 2.45. The summed E-state index contributed by atoms with van der Waals surface area (Å²) < 4.78 is 5.54. The molecule has 1 N–H and O–H groups in total. The van der Waals surface area contributed by atoms with Crippen LogP contribution in [0.5, 0.6) is 0 Å². The summed E-state index contributed by atoms with van der Waals surface area (Å²) in [5, 5.41) is 9.84. The van der Waals surface area contributed by atoms with Crippen LogP contribution >= 0.6 is 0 Å². The van der Waals surface area contributed by atoms with Gasteiger partial charge in [-0.2, -0.15) is 0 Å². The Kier molecular flexibility index (Phi) is 4.74. The molecule has 4 rings (SSSR count). The van der Waals surface area contributed by atoms with Gasteiger partial charge in [-0.05, 0) is 18.3 Å². The number of aromatic nitrogens is 4. The zero-order valence-electron chi connectivity index (χ0n) is 16.4. The van der Waals surface area contributed by atoms with Crippen LogP contribution in [-0.2, 0) is 11.3 Å². The monoisotopic (exact) mass is 383 g/mol. The second kappa shape index (κ2) is 7.09. The van der Waals surface area contributed by atoms with Gasteiger partial charge in [0.1, 0.15) is 6.33 Å². The van der Waals surface area contributed by atoms with Crippen molar-refractivity contribution in [2.75, 3.05) is 13.2 Å². The summed E-state index contributed by atoms with van der Waals surface area (Å²) in [6.45, 7) is 7.85. The van der Waals surface area contributed by atoms with Crippen molar-refractivity contribution in [3.8, 4) is 11.4 Å². The molecular formula is C20H25N5O3. The van der Waals surface area contributed by atoms with Gasteiger partial charge in [-0.3, -0.25) is 4.90 Å². The minimum Gasteiger partial charge on any atom is -0.465 e. The first kappa shape index (κ1) is 18.7. The Hall–Kier alpha value is -2.61. The Labute approximate surface area is 164 Å². The summed E-state index contributed by atoms with van der Waals surface area (Å²) in [7, 11) is 0. The summed E-state index contributed by atoms with van der Waals surface area (Å²) in [6, 6.07) is -0.279. The second-order valence-corrected chi connectivity index (χ2v) is 8.49. The van der Waals surface area contributed by atoms with Crippen LogP contribution in [-0.4, -0.2) is 49.2 Å². The molecule has 2 aliphatic rings. The van der Waals surface area contributed by atoms with Crippen molar-refractivity contribution >= 4 is 6.09 Å². The topological polar surface area (TPSA) is 101 Å². The van der Waals surface area contributed by atoms with E-state index in [0.29, 0.717) is 19.0 Å².